The molecule has 1 N–H and O–H groups in total. The van der Waals surface area contributed by atoms with Gasteiger partial charge in [0.05, 0.1) is 15.5 Å². The van der Waals surface area contributed by atoms with E-state index < -0.39 is 9.84 Å². The van der Waals surface area contributed by atoms with Gasteiger partial charge in [0, 0.05) is 0 Å². The number of hydrogen-bond acceptors (Lipinski definition) is 5. The molecule has 1 saturated heterocycles. The molecule has 0 unspecified atom stereocenters. The number of aromatic nitrogens is 1. The molecular formula is C12H15ClN2O2S2. The topological polar surface area (TPSA) is 59.1 Å². The number of rotatable bonds is 2. The van der Waals surface area contributed by atoms with Gasteiger partial charge in [-0.25, -0.2) is 13.4 Å². The van der Waals surface area contributed by atoms with Crippen molar-refractivity contribution in [1.29, 1.82) is 0 Å². The van der Waals surface area contributed by atoms with Crippen molar-refractivity contribution >= 4 is 43.8 Å². The minimum absolute atomic E-state index is 0. The number of para-hydroxylation sites is 1. The molecular weight excluding hydrogens is 304 g/mol. The van der Waals surface area contributed by atoms with Gasteiger partial charge in [-0.05, 0) is 38.1 Å². The molecule has 1 aliphatic heterocycles. The fourth-order valence-corrected chi connectivity index (χ4v) is 5.43. The molecule has 2 heterocycles. The first-order valence-electron chi connectivity index (χ1n) is 5.98. The van der Waals surface area contributed by atoms with Crippen LogP contribution in [0.1, 0.15) is 12.8 Å². The van der Waals surface area contributed by atoms with E-state index in [1.54, 1.807) is 0 Å². The summed E-state index contributed by atoms with van der Waals surface area (Å²) in [7, 11) is -3.26. The lowest BCUT2D eigenvalue weighted by molar-refractivity contribution is 0.496. The highest BCUT2D eigenvalue weighted by Gasteiger charge is 2.31. The molecule has 1 fully saturated rings. The van der Waals surface area contributed by atoms with Crippen molar-refractivity contribution in [2.75, 3.05) is 13.1 Å². The normalized spacial score (nSPS) is 17.3. The van der Waals surface area contributed by atoms with Crippen LogP contribution in [0.3, 0.4) is 0 Å². The van der Waals surface area contributed by atoms with Gasteiger partial charge in [0.2, 0.25) is 14.2 Å². The maximum absolute atomic E-state index is 12.5. The maximum Gasteiger partial charge on any atom is 0.210 e. The standard InChI is InChI=1S/C12H14N2O2S2.ClH/c15-18(16,9-5-7-13-8-6-9)12-14-10-3-1-2-4-11(10)17-12;/h1-4,9,13H,5-8H2;1H. The van der Waals surface area contributed by atoms with Gasteiger partial charge in [0.25, 0.3) is 0 Å². The van der Waals surface area contributed by atoms with Gasteiger partial charge in [-0.3, -0.25) is 0 Å². The average Bonchev–Trinajstić information content (AvgIpc) is 2.84. The molecule has 0 bridgehead atoms. The number of sulfone groups is 1. The van der Waals surface area contributed by atoms with E-state index in [1.165, 1.54) is 11.3 Å². The first kappa shape index (κ1) is 14.7. The van der Waals surface area contributed by atoms with Crippen LogP contribution in [0.5, 0.6) is 0 Å². The van der Waals surface area contributed by atoms with Gasteiger partial charge in [-0.2, -0.15) is 0 Å². The molecule has 0 saturated carbocycles. The van der Waals surface area contributed by atoms with Gasteiger partial charge >= 0.3 is 0 Å². The molecule has 0 aliphatic carbocycles. The Balaban J connectivity index is 0.00000133. The summed E-state index contributed by atoms with van der Waals surface area (Å²) in [4.78, 5) is 4.27. The fraction of sp³-hybridized carbons (Fsp3) is 0.417. The largest absolute Gasteiger partial charge is 0.317 e. The van der Waals surface area contributed by atoms with E-state index >= 15 is 0 Å². The summed E-state index contributed by atoms with van der Waals surface area (Å²) in [5.74, 6) is 0. The van der Waals surface area contributed by atoms with Crippen LogP contribution < -0.4 is 5.32 Å². The van der Waals surface area contributed by atoms with Gasteiger partial charge < -0.3 is 5.32 Å². The molecule has 0 atom stereocenters. The number of halogens is 1. The Kier molecular flexibility index (Phi) is 4.45. The summed E-state index contributed by atoms with van der Waals surface area (Å²) in [6.07, 6.45) is 1.36. The zero-order chi connectivity index (χ0) is 12.6. The Bertz CT molecular complexity index is 630. The van der Waals surface area contributed by atoms with E-state index in [9.17, 15) is 8.42 Å². The average molecular weight is 319 g/mol. The lowest BCUT2D eigenvalue weighted by Gasteiger charge is -2.21. The summed E-state index contributed by atoms with van der Waals surface area (Å²) in [5, 5.41) is 2.90. The van der Waals surface area contributed by atoms with Crippen LogP contribution in [0.25, 0.3) is 10.2 Å². The van der Waals surface area contributed by atoms with Crippen molar-refractivity contribution in [2.24, 2.45) is 0 Å². The summed E-state index contributed by atoms with van der Waals surface area (Å²) in [6, 6.07) is 7.55. The number of piperidine rings is 1. The van der Waals surface area contributed by atoms with Crippen molar-refractivity contribution in [3.63, 3.8) is 0 Å². The molecule has 1 aromatic heterocycles. The zero-order valence-electron chi connectivity index (χ0n) is 10.2. The van der Waals surface area contributed by atoms with Crippen LogP contribution in [0, 0.1) is 0 Å². The third-order valence-corrected chi connectivity index (χ3v) is 6.95. The van der Waals surface area contributed by atoms with Crippen molar-refractivity contribution in [1.82, 2.24) is 10.3 Å². The molecule has 0 radical (unpaired) electrons. The van der Waals surface area contributed by atoms with Crippen LogP contribution >= 0.6 is 23.7 Å². The van der Waals surface area contributed by atoms with Gasteiger partial charge in [0.1, 0.15) is 0 Å². The molecule has 1 aliphatic rings. The summed E-state index contributed by atoms with van der Waals surface area (Å²) < 4.78 is 26.2. The molecule has 1 aromatic carbocycles. The Labute approximate surface area is 122 Å². The Morgan fingerprint density at radius 2 is 1.89 bits per heavy atom. The highest BCUT2D eigenvalue weighted by Crippen LogP contribution is 2.29. The second kappa shape index (κ2) is 5.75. The molecule has 104 valence electrons. The van der Waals surface area contributed by atoms with Crippen LogP contribution in [0.4, 0.5) is 0 Å². The summed E-state index contributed by atoms with van der Waals surface area (Å²) in [6.45, 7) is 1.55. The van der Waals surface area contributed by atoms with E-state index in [2.05, 4.69) is 10.3 Å². The number of nitrogens with one attached hydrogen (secondary N) is 1. The molecule has 19 heavy (non-hydrogen) atoms. The monoisotopic (exact) mass is 318 g/mol. The third kappa shape index (κ3) is 2.76. The molecule has 7 heteroatoms. The van der Waals surface area contributed by atoms with Gasteiger partial charge in [0.15, 0.2) is 0 Å². The second-order valence-corrected chi connectivity index (χ2v) is 7.87. The number of nitrogens with zero attached hydrogens (tertiary/aromatic N) is 1. The predicted molar refractivity (Wildman–Crippen MR) is 79.9 cm³/mol. The van der Waals surface area contributed by atoms with Crippen LogP contribution in [-0.2, 0) is 9.84 Å². The van der Waals surface area contributed by atoms with Crippen molar-refractivity contribution in [3.05, 3.63) is 24.3 Å². The number of fused-ring (bicyclic) bond motifs is 1. The lowest BCUT2D eigenvalue weighted by atomic mass is 10.2. The lowest BCUT2D eigenvalue weighted by Crippen LogP contribution is -2.35. The highest BCUT2D eigenvalue weighted by atomic mass is 35.5. The zero-order valence-corrected chi connectivity index (χ0v) is 12.7. The number of hydrogen-bond donors (Lipinski definition) is 1. The molecule has 2 aromatic rings. The molecule has 3 rings (SSSR count). The van der Waals surface area contributed by atoms with Gasteiger partial charge in [-0.1, -0.05) is 12.1 Å². The Hall–Kier alpha value is -0.690. The van der Waals surface area contributed by atoms with Crippen molar-refractivity contribution in [3.8, 4) is 0 Å². The maximum atomic E-state index is 12.5. The van der Waals surface area contributed by atoms with Crippen molar-refractivity contribution in [2.45, 2.75) is 22.4 Å². The van der Waals surface area contributed by atoms with Crippen LogP contribution in [0.15, 0.2) is 28.6 Å². The summed E-state index contributed by atoms with van der Waals surface area (Å²) >= 11 is 1.28. The van der Waals surface area contributed by atoms with E-state index in [0.29, 0.717) is 12.8 Å². The Morgan fingerprint density at radius 3 is 2.58 bits per heavy atom. The van der Waals surface area contributed by atoms with E-state index in [-0.39, 0.29) is 22.0 Å². The quantitative estimate of drug-likeness (QED) is 0.922. The smallest absolute Gasteiger partial charge is 0.210 e. The highest BCUT2D eigenvalue weighted by molar-refractivity contribution is 7.94. The molecule has 0 spiro atoms. The Morgan fingerprint density at radius 1 is 1.21 bits per heavy atom. The number of thiazole rings is 1. The van der Waals surface area contributed by atoms with E-state index in [1.807, 2.05) is 24.3 Å². The van der Waals surface area contributed by atoms with E-state index in [0.717, 1.165) is 23.3 Å². The summed E-state index contributed by atoms with van der Waals surface area (Å²) in [5.41, 5.74) is 0.773. The fourth-order valence-electron chi connectivity index (χ4n) is 2.22. The second-order valence-electron chi connectivity index (χ2n) is 4.44. The SMILES string of the molecule is Cl.O=S(=O)(c1nc2ccccc2s1)C1CCNCC1. The van der Waals surface area contributed by atoms with Gasteiger partial charge in [-0.15, -0.1) is 23.7 Å². The minimum Gasteiger partial charge on any atom is -0.317 e. The third-order valence-electron chi connectivity index (χ3n) is 3.24. The molecule has 0 amide bonds. The first-order valence-corrected chi connectivity index (χ1v) is 8.34. The predicted octanol–water partition coefficient (Wildman–Crippen LogP) is 2.24. The first-order chi connectivity index (χ1) is 8.68. The molecule has 4 nitrogen and oxygen atoms in total. The minimum atomic E-state index is -3.26. The van der Waals surface area contributed by atoms with E-state index in [4.69, 9.17) is 0 Å². The van der Waals surface area contributed by atoms with Crippen molar-refractivity contribution < 1.29 is 8.42 Å². The van der Waals surface area contributed by atoms with Crippen LogP contribution in [0.2, 0.25) is 0 Å². The number of benzene rings is 1. The van der Waals surface area contributed by atoms with Crippen LogP contribution in [-0.4, -0.2) is 31.7 Å².